The standard InChI is InChI=1S/C12H16ClNOS/c1-16-9-12(15)14-11-6-2-4-10(8-11)5-3-7-13/h2,4,6,8H,3,5,7,9H2,1H3,(H,14,15). The Morgan fingerprint density at radius 1 is 1.50 bits per heavy atom. The van der Waals surface area contributed by atoms with E-state index in [0.29, 0.717) is 11.6 Å². The molecule has 0 saturated carbocycles. The van der Waals surface area contributed by atoms with Gasteiger partial charge in [0, 0.05) is 11.6 Å². The fraction of sp³-hybridized carbons (Fsp3) is 0.417. The van der Waals surface area contributed by atoms with E-state index in [2.05, 4.69) is 11.4 Å². The molecule has 1 amide bonds. The summed E-state index contributed by atoms with van der Waals surface area (Å²) < 4.78 is 0. The van der Waals surface area contributed by atoms with Gasteiger partial charge in [-0.2, -0.15) is 11.8 Å². The molecule has 0 heterocycles. The zero-order valence-corrected chi connectivity index (χ0v) is 10.9. The van der Waals surface area contributed by atoms with Gasteiger partial charge in [0.2, 0.25) is 5.91 Å². The van der Waals surface area contributed by atoms with E-state index in [1.165, 1.54) is 17.3 Å². The molecule has 0 spiro atoms. The average molecular weight is 258 g/mol. The van der Waals surface area contributed by atoms with Crippen LogP contribution in [0.5, 0.6) is 0 Å². The highest BCUT2D eigenvalue weighted by molar-refractivity contribution is 7.99. The maximum absolute atomic E-state index is 11.4. The normalized spacial score (nSPS) is 10.1. The Morgan fingerprint density at radius 3 is 3.00 bits per heavy atom. The number of halogens is 1. The molecule has 16 heavy (non-hydrogen) atoms. The molecule has 0 unspecified atom stereocenters. The molecular formula is C12H16ClNOS. The molecule has 0 bridgehead atoms. The summed E-state index contributed by atoms with van der Waals surface area (Å²) in [4.78, 5) is 11.4. The van der Waals surface area contributed by atoms with Gasteiger partial charge in [-0.3, -0.25) is 4.79 Å². The highest BCUT2D eigenvalue weighted by Gasteiger charge is 2.01. The van der Waals surface area contributed by atoms with Crippen LogP contribution in [-0.4, -0.2) is 23.8 Å². The Kier molecular flexibility index (Phi) is 6.34. The highest BCUT2D eigenvalue weighted by Crippen LogP contribution is 2.13. The number of thioether (sulfide) groups is 1. The van der Waals surface area contributed by atoms with Gasteiger partial charge in [0.25, 0.3) is 0 Å². The predicted molar refractivity (Wildman–Crippen MR) is 72.5 cm³/mol. The lowest BCUT2D eigenvalue weighted by atomic mass is 10.1. The molecule has 0 atom stereocenters. The summed E-state index contributed by atoms with van der Waals surface area (Å²) in [7, 11) is 0. The SMILES string of the molecule is CSCC(=O)Nc1cccc(CCCCl)c1. The fourth-order valence-corrected chi connectivity index (χ4v) is 1.87. The number of benzene rings is 1. The number of aryl methyl sites for hydroxylation is 1. The van der Waals surface area contributed by atoms with Crippen LogP contribution >= 0.6 is 23.4 Å². The van der Waals surface area contributed by atoms with Crippen LogP contribution in [0.15, 0.2) is 24.3 Å². The van der Waals surface area contributed by atoms with Crippen molar-refractivity contribution in [2.24, 2.45) is 0 Å². The van der Waals surface area contributed by atoms with E-state index in [0.717, 1.165) is 18.5 Å². The summed E-state index contributed by atoms with van der Waals surface area (Å²) in [5.41, 5.74) is 2.08. The van der Waals surface area contributed by atoms with Gasteiger partial charge in [0.15, 0.2) is 0 Å². The van der Waals surface area contributed by atoms with E-state index in [9.17, 15) is 4.79 Å². The summed E-state index contributed by atoms with van der Waals surface area (Å²) in [6.07, 6.45) is 3.83. The van der Waals surface area contributed by atoms with Crippen LogP contribution in [0.4, 0.5) is 5.69 Å². The number of carbonyl (C=O) groups excluding carboxylic acids is 1. The van der Waals surface area contributed by atoms with Crippen LogP contribution < -0.4 is 5.32 Å². The third-order valence-electron chi connectivity index (χ3n) is 2.09. The minimum Gasteiger partial charge on any atom is -0.325 e. The maximum atomic E-state index is 11.4. The van der Waals surface area contributed by atoms with Gasteiger partial charge in [-0.15, -0.1) is 11.6 Å². The lowest BCUT2D eigenvalue weighted by Crippen LogP contribution is -2.13. The van der Waals surface area contributed by atoms with Crippen LogP contribution in [-0.2, 0) is 11.2 Å². The number of nitrogens with one attached hydrogen (secondary N) is 1. The number of carbonyl (C=O) groups is 1. The third kappa shape index (κ3) is 4.90. The van der Waals surface area contributed by atoms with Crippen molar-refractivity contribution >= 4 is 35.0 Å². The second-order valence-corrected chi connectivity index (χ2v) is 4.72. The molecular weight excluding hydrogens is 242 g/mol. The van der Waals surface area contributed by atoms with Crippen molar-refractivity contribution in [3.63, 3.8) is 0 Å². The molecule has 1 rings (SSSR count). The summed E-state index contributed by atoms with van der Waals surface area (Å²) in [5, 5.41) is 2.87. The van der Waals surface area contributed by atoms with Gasteiger partial charge < -0.3 is 5.32 Å². The van der Waals surface area contributed by atoms with Crippen LogP contribution in [0.2, 0.25) is 0 Å². The van der Waals surface area contributed by atoms with Crippen LogP contribution in [0.25, 0.3) is 0 Å². The van der Waals surface area contributed by atoms with Gasteiger partial charge in [0.1, 0.15) is 0 Å². The van der Waals surface area contributed by atoms with Crippen LogP contribution in [0.3, 0.4) is 0 Å². The predicted octanol–water partition coefficient (Wildman–Crippen LogP) is 3.16. The van der Waals surface area contributed by atoms with E-state index in [1.807, 2.05) is 24.5 Å². The molecule has 88 valence electrons. The molecule has 2 nitrogen and oxygen atoms in total. The van der Waals surface area contributed by atoms with E-state index in [-0.39, 0.29) is 5.91 Å². The maximum Gasteiger partial charge on any atom is 0.234 e. The molecule has 0 fully saturated rings. The largest absolute Gasteiger partial charge is 0.325 e. The lowest BCUT2D eigenvalue weighted by Gasteiger charge is -2.06. The molecule has 0 aliphatic heterocycles. The van der Waals surface area contributed by atoms with Crippen molar-refractivity contribution < 1.29 is 4.79 Å². The van der Waals surface area contributed by atoms with Crippen LogP contribution in [0, 0.1) is 0 Å². The number of hydrogen-bond acceptors (Lipinski definition) is 2. The minimum atomic E-state index is 0.0435. The second kappa shape index (κ2) is 7.58. The van der Waals surface area contributed by atoms with Gasteiger partial charge in [0.05, 0.1) is 5.75 Å². The second-order valence-electron chi connectivity index (χ2n) is 3.47. The summed E-state index contributed by atoms with van der Waals surface area (Å²) in [6.45, 7) is 0. The first kappa shape index (κ1) is 13.4. The number of alkyl halides is 1. The van der Waals surface area contributed by atoms with Crippen molar-refractivity contribution in [2.75, 3.05) is 23.2 Å². The van der Waals surface area contributed by atoms with Crippen molar-refractivity contribution in [2.45, 2.75) is 12.8 Å². The fourth-order valence-electron chi connectivity index (χ4n) is 1.40. The van der Waals surface area contributed by atoms with E-state index in [4.69, 9.17) is 11.6 Å². The molecule has 0 aliphatic rings. The quantitative estimate of drug-likeness (QED) is 0.794. The third-order valence-corrected chi connectivity index (χ3v) is 2.90. The minimum absolute atomic E-state index is 0.0435. The molecule has 0 saturated heterocycles. The summed E-state index contributed by atoms with van der Waals surface area (Å²) in [6, 6.07) is 7.92. The van der Waals surface area contributed by atoms with Crippen molar-refractivity contribution in [1.29, 1.82) is 0 Å². The highest BCUT2D eigenvalue weighted by atomic mass is 35.5. The first-order valence-electron chi connectivity index (χ1n) is 5.20. The molecule has 1 N–H and O–H groups in total. The molecule has 0 aliphatic carbocycles. The molecule has 1 aromatic carbocycles. The zero-order valence-electron chi connectivity index (χ0n) is 9.33. The zero-order chi connectivity index (χ0) is 11.8. The molecule has 0 radical (unpaired) electrons. The number of hydrogen-bond donors (Lipinski definition) is 1. The van der Waals surface area contributed by atoms with E-state index >= 15 is 0 Å². The van der Waals surface area contributed by atoms with Crippen molar-refractivity contribution in [1.82, 2.24) is 0 Å². The monoisotopic (exact) mass is 257 g/mol. The Bertz CT molecular complexity index is 344. The number of rotatable bonds is 6. The smallest absolute Gasteiger partial charge is 0.234 e. The lowest BCUT2D eigenvalue weighted by molar-refractivity contribution is -0.113. The number of anilines is 1. The molecule has 4 heteroatoms. The summed E-state index contributed by atoms with van der Waals surface area (Å²) >= 11 is 7.16. The first-order valence-corrected chi connectivity index (χ1v) is 7.13. The Hall–Kier alpha value is -0.670. The Morgan fingerprint density at radius 2 is 2.31 bits per heavy atom. The number of amides is 1. The Balaban J connectivity index is 2.56. The van der Waals surface area contributed by atoms with Gasteiger partial charge in [-0.25, -0.2) is 0 Å². The molecule has 1 aromatic rings. The van der Waals surface area contributed by atoms with Crippen LogP contribution in [0.1, 0.15) is 12.0 Å². The van der Waals surface area contributed by atoms with Gasteiger partial charge >= 0.3 is 0 Å². The topological polar surface area (TPSA) is 29.1 Å². The summed E-state index contributed by atoms with van der Waals surface area (Å²) in [5.74, 6) is 1.21. The van der Waals surface area contributed by atoms with Gasteiger partial charge in [-0.1, -0.05) is 12.1 Å². The van der Waals surface area contributed by atoms with Gasteiger partial charge in [-0.05, 0) is 36.8 Å². The van der Waals surface area contributed by atoms with E-state index in [1.54, 1.807) is 0 Å². The van der Waals surface area contributed by atoms with Crippen molar-refractivity contribution in [3.05, 3.63) is 29.8 Å². The van der Waals surface area contributed by atoms with E-state index < -0.39 is 0 Å². The first-order chi connectivity index (χ1) is 7.76. The Labute approximate surface area is 106 Å². The average Bonchev–Trinajstić information content (AvgIpc) is 2.27. The molecule has 0 aromatic heterocycles. The van der Waals surface area contributed by atoms with Crippen molar-refractivity contribution in [3.8, 4) is 0 Å².